The van der Waals surface area contributed by atoms with Gasteiger partial charge in [0.05, 0.1) is 25.1 Å². The number of carbonyl (C=O) groups is 1. The molecule has 8 nitrogen and oxygen atoms in total. The van der Waals surface area contributed by atoms with Crippen LogP contribution in [0.3, 0.4) is 0 Å². The number of nitrogens with one attached hydrogen (secondary N) is 1. The van der Waals surface area contributed by atoms with Crippen LogP contribution in [0, 0.1) is 0 Å². The summed E-state index contributed by atoms with van der Waals surface area (Å²) in [4.78, 5) is 35.1. The van der Waals surface area contributed by atoms with Gasteiger partial charge in [0.2, 0.25) is 0 Å². The first kappa shape index (κ1) is 14.9. The molecule has 2 aromatic heterocycles. The summed E-state index contributed by atoms with van der Waals surface area (Å²) in [6.07, 6.45) is 8.10. The summed E-state index contributed by atoms with van der Waals surface area (Å²) in [5.41, 5.74) is 0.633. The Balaban J connectivity index is 1.58. The predicted octanol–water partition coefficient (Wildman–Crippen LogP) is 0.566. The van der Waals surface area contributed by atoms with Gasteiger partial charge in [0, 0.05) is 37.6 Å². The zero-order chi connectivity index (χ0) is 16.5. The second-order valence-electron chi connectivity index (χ2n) is 6.39. The maximum Gasteiger partial charge on any atom is 0.318 e. The van der Waals surface area contributed by atoms with Crippen LogP contribution in [0.2, 0.25) is 0 Å². The Kier molecular flexibility index (Phi) is 3.79. The lowest BCUT2D eigenvalue weighted by Crippen LogP contribution is -2.41. The zero-order valence-electron chi connectivity index (χ0n) is 13.4. The highest BCUT2D eigenvalue weighted by atomic mass is 16.2. The molecule has 0 bridgehead atoms. The second-order valence-corrected chi connectivity index (χ2v) is 6.39. The monoisotopic (exact) mass is 328 g/mol. The van der Waals surface area contributed by atoms with Gasteiger partial charge in [-0.2, -0.15) is 0 Å². The van der Waals surface area contributed by atoms with Crippen LogP contribution in [-0.2, 0) is 19.6 Å². The molecule has 1 saturated carbocycles. The van der Waals surface area contributed by atoms with Crippen LogP contribution in [0.5, 0.6) is 0 Å². The number of aromatic nitrogens is 4. The summed E-state index contributed by atoms with van der Waals surface area (Å²) in [5, 5.41) is 3.01. The minimum atomic E-state index is -0.0560. The average molecular weight is 328 g/mol. The smallest absolute Gasteiger partial charge is 0.318 e. The van der Waals surface area contributed by atoms with Gasteiger partial charge in [0.25, 0.3) is 5.56 Å². The molecule has 1 fully saturated rings. The van der Waals surface area contributed by atoms with Gasteiger partial charge < -0.3 is 14.8 Å². The summed E-state index contributed by atoms with van der Waals surface area (Å²) in [7, 11) is 0. The number of amides is 2. The predicted molar refractivity (Wildman–Crippen MR) is 86.4 cm³/mol. The van der Waals surface area contributed by atoms with Crippen LogP contribution >= 0.6 is 0 Å². The Morgan fingerprint density at radius 3 is 2.96 bits per heavy atom. The van der Waals surface area contributed by atoms with Crippen LogP contribution < -0.4 is 10.9 Å². The fourth-order valence-electron chi connectivity index (χ4n) is 2.95. The number of imidazole rings is 1. The molecule has 126 valence electrons. The van der Waals surface area contributed by atoms with Crippen molar-refractivity contribution in [3.8, 4) is 0 Å². The topological polar surface area (TPSA) is 85.1 Å². The summed E-state index contributed by atoms with van der Waals surface area (Å²) in [5.74, 6) is 0.654. The molecule has 0 saturated heterocycles. The molecule has 8 heteroatoms. The van der Waals surface area contributed by atoms with E-state index in [1.165, 1.54) is 0 Å². The van der Waals surface area contributed by atoms with Gasteiger partial charge in [-0.15, -0.1) is 0 Å². The molecule has 0 spiro atoms. The van der Waals surface area contributed by atoms with Crippen LogP contribution in [-0.4, -0.2) is 42.6 Å². The summed E-state index contributed by atoms with van der Waals surface area (Å²) in [6.45, 7) is 2.10. The molecule has 0 unspecified atom stereocenters. The van der Waals surface area contributed by atoms with E-state index in [2.05, 4.69) is 15.3 Å². The standard InChI is InChI=1S/C16H20N6O2/c23-15-8-13(9-20-7-4-17-11-20)18-14-10-21(5-1-6-22(14)15)16(24)19-12-2-3-12/h4,7-8,11-12H,1-3,5-6,9-10H2,(H,19,24). The maximum atomic E-state index is 12.4. The molecule has 0 atom stereocenters. The van der Waals surface area contributed by atoms with Crippen molar-refractivity contribution in [2.45, 2.75) is 44.9 Å². The second kappa shape index (κ2) is 6.10. The molecule has 4 rings (SSSR count). The number of urea groups is 1. The van der Waals surface area contributed by atoms with Crippen molar-refractivity contribution >= 4 is 6.03 Å². The van der Waals surface area contributed by atoms with E-state index < -0.39 is 0 Å². The quantitative estimate of drug-likeness (QED) is 0.892. The highest BCUT2D eigenvalue weighted by Crippen LogP contribution is 2.19. The van der Waals surface area contributed by atoms with Gasteiger partial charge in [0.15, 0.2) is 0 Å². The fraction of sp³-hybridized carbons (Fsp3) is 0.500. The number of rotatable bonds is 3. The molecule has 1 N–H and O–H groups in total. The summed E-state index contributed by atoms with van der Waals surface area (Å²) < 4.78 is 3.55. The van der Waals surface area contributed by atoms with Crippen LogP contribution in [0.4, 0.5) is 4.79 Å². The van der Waals surface area contributed by atoms with E-state index in [0.29, 0.717) is 43.7 Å². The molecule has 1 aliphatic heterocycles. The molecule has 2 aliphatic rings. The zero-order valence-corrected chi connectivity index (χ0v) is 13.4. The Labute approximate surface area is 139 Å². The third-order valence-electron chi connectivity index (χ3n) is 4.38. The number of nitrogens with zero attached hydrogens (tertiary/aromatic N) is 5. The van der Waals surface area contributed by atoms with Crippen LogP contribution in [0.15, 0.2) is 29.6 Å². The highest BCUT2D eigenvalue weighted by molar-refractivity contribution is 5.74. The molecule has 0 radical (unpaired) electrons. The van der Waals surface area contributed by atoms with Crippen molar-refractivity contribution in [3.05, 3.63) is 46.7 Å². The number of hydrogen-bond donors (Lipinski definition) is 1. The van der Waals surface area contributed by atoms with Gasteiger partial charge in [0.1, 0.15) is 5.82 Å². The molecule has 0 aromatic carbocycles. The molecular formula is C16H20N6O2. The van der Waals surface area contributed by atoms with Crippen molar-refractivity contribution in [3.63, 3.8) is 0 Å². The lowest BCUT2D eigenvalue weighted by atomic mass is 10.3. The van der Waals surface area contributed by atoms with E-state index in [4.69, 9.17) is 0 Å². The van der Waals surface area contributed by atoms with E-state index >= 15 is 0 Å². The van der Waals surface area contributed by atoms with E-state index in [1.54, 1.807) is 28.1 Å². The van der Waals surface area contributed by atoms with Crippen molar-refractivity contribution in [2.75, 3.05) is 6.54 Å². The number of carbonyl (C=O) groups excluding carboxylic acids is 1. The molecule has 3 heterocycles. The Morgan fingerprint density at radius 1 is 1.33 bits per heavy atom. The van der Waals surface area contributed by atoms with E-state index in [0.717, 1.165) is 19.3 Å². The van der Waals surface area contributed by atoms with Crippen molar-refractivity contribution < 1.29 is 4.79 Å². The largest absolute Gasteiger partial charge is 0.335 e. The van der Waals surface area contributed by atoms with E-state index in [9.17, 15) is 9.59 Å². The summed E-state index contributed by atoms with van der Waals surface area (Å²) in [6, 6.07) is 1.84. The fourth-order valence-corrected chi connectivity index (χ4v) is 2.95. The normalized spacial score (nSPS) is 17.2. The molecular weight excluding hydrogens is 308 g/mol. The maximum absolute atomic E-state index is 12.4. The van der Waals surface area contributed by atoms with Gasteiger partial charge in [-0.05, 0) is 19.3 Å². The molecule has 1 aliphatic carbocycles. The Hall–Kier alpha value is -2.64. The van der Waals surface area contributed by atoms with E-state index in [1.807, 2.05) is 10.8 Å². The average Bonchev–Trinajstić information content (AvgIpc) is 3.27. The molecule has 2 aromatic rings. The van der Waals surface area contributed by atoms with Crippen LogP contribution in [0.1, 0.15) is 30.8 Å². The van der Waals surface area contributed by atoms with Gasteiger partial charge in [-0.25, -0.2) is 14.8 Å². The SMILES string of the molecule is O=C(NC1CC1)N1CCCn2c(nc(Cn3ccnc3)cc2=O)C1. The highest BCUT2D eigenvalue weighted by Gasteiger charge is 2.27. The van der Waals surface area contributed by atoms with E-state index in [-0.39, 0.29) is 11.6 Å². The van der Waals surface area contributed by atoms with Crippen molar-refractivity contribution in [1.82, 2.24) is 29.3 Å². The first-order chi connectivity index (χ1) is 11.7. The minimum absolute atomic E-state index is 0.0554. The number of hydrogen-bond acceptors (Lipinski definition) is 4. The summed E-state index contributed by atoms with van der Waals surface area (Å²) >= 11 is 0. The van der Waals surface area contributed by atoms with Gasteiger partial charge >= 0.3 is 6.03 Å². The van der Waals surface area contributed by atoms with Crippen molar-refractivity contribution in [1.29, 1.82) is 0 Å². The Bertz CT molecular complexity index is 793. The minimum Gasteiger partial charge on any atom is -0.335 e. The van der Waals surface area contributed by atoms with Gasteiger partial charge in [-0.3, -0.25) is 9.36 Å². The third-order valence-corrected chi connectivity index (χ3v) is 4.38. The Morgan fingerprint density at radius 2 is 2.21 bits per heavy atom. The molecule has 24 heavy (non-hydrogen) atoms. The van der Waals surface area contributed by atoms with Gasteiger partial charge in [-0.1, -0.05) is 0 Å². The lowest BCUT2D eigenvalue weighted by Gasteiger charge is -2.20. The first-order valence-electron chi connectivity index (χ1n) is 8.30. The lowest BCUT2D eigenvalue weighted by molar-refractivity contribution is 0.195. The van der Waals surface area contributed by atoms with Crippen molar-refractivity contribution in [2.24, 2.45) is 0 Å². The molecule has 2 amide bonds. The third kappa shape index (κ3) is 3.17. The van der Waals surface area contributed by atoms with Crippen LogP contribution in [0.25, 0.3) is 0 Å². The number of fused-ring (bicyclic) bond motifs is 1. The first-order valence-corrected chi connectivity index (χ1v) is 8.30.